The standard InChI is InChI=1S/C31H41N5O10/c32-25(40)16-23(33-29(44)46-17-22-10-5-2-6-11-22)27(42)34-24-14-15-36(26(41)13-7-12-21-8-3-1-4-9-21)31(24,45)28(43)35-30(18-37,19-38)20-39/h1-6,8-11,23-24,37-39,45H,7,12-20H2,(H2,32,40)(H,33,44)(H,34,42)(H,35,43)/t23-,24-,31-/m0/s1. The molecule has 1 heterocycles. The highest BCUT2D eigenvalue weighted by Crippen LogP contribution is 2.30. The molecule has 2 aromatic rings. The Hall–Kier alpha value is -4.57. The Labute approximate surface area is 265 Å². The van der Waals surface area contributed by atoms with Crippen LogP contribution in [0.1, 0.15) is 36.8 Å². The lowest BCUT2D eigenvalue weighted by atomic mass is 9.97. The van der Waals surface area contributed by atoms with Crippen LogP contribution in [0.5, 0.6) is 0 Å². The van der Waals surface area contributed by atoms with Crippen LogP contribution in [-0.4, -0.2) is 105 Å². The maximum absolute atomic E-state index is 13.6. The van der Waals surface area contributed by atoms with Crippen molar-refractivity contribution in [2.24, 2.45) is 5.73 Å². The molecule has 250 valence electrons. The van der Waals surface area contributed by atoms with E-state index in [0.717, 1.165) is 10.5 Å². The monoisotopic (exact) mass is 643 g/mol. The van der Waals surface area contributed by atoms with Gasteiger partial charge in [-0.1, -0.05) is 60.7 Å². The highest BCUT2D eigenvalue weighted by atomic mass is 16.5. The fourth-order valence-electron chi connectivity index (χ4n) is 5.00. The molecule has 5 amide bonds. The maximum atomic E-state index is 13.6. The summed E-state index contributed by atoms with van der Waals surface area (Å²) in [5.41, 5.74) is 2.21. The fraction of sp³-hybridized carbons (Fsp3) is 0.452. The van der Waals surface area contributed by atoms with Gasteiger partial charge in [-0.25, -0.2) is 4.79 Å². The molecule has 0 unspecified atom stereocenters. The molecule has 9 N–H and O–H groups in total. The van der Waals surface area contributed by atoms with Gasteiger partial charge in [0.1, 0.15) is 18.2 Å². The third kappa shape index (κ3) is 9.23. The summed E-state index contributed by atoms with van der Waals surface area (Å²) in [6, 6.07) is 15.0. The largest absolute Gasteiger partial charge is 0.445 e. The van der Waals surface area contributed by atoms with E-state index in [1.54, 1.807) is 30.3 Å². The van der Waals surface area contributed by atoms with Gasteiger partial charge in [0.05, 0.1) is 32.3 Å². The summed E-state index contributed by atoms with van der Waals surface area (Å²) in [6.45, 7) is -3.07. The SMILES string of the molecule is NC(=O)C[C@H](NC(=O)OCc1ccccc1)C(=O)N[C@H]1CCN(C(=O)CCCc2ccccc2)[C@@]1(O)C(=O)NC(CO)(CO)CO. The molecule has 0 spiro atoms. The minimum Gasteiger partial charge on any atom is -0.445 e. The number of alkyl carbamates (subject to hydrolysis) is 1. The molecule has 0 bridgehead atoms. The van der Waals surface area contributed by atoms with E-state index in [1.165, 1.54) is 0 Å². The van der Waals surface area contributed by atoms with Gasteiger partial charge in [-0.3, -0.25) is 19.2 Å². The number of aliphatic hydroxyl groups excluding tert-OH is 3. The van der Waals surface area contributed by atoms with E-state index in [4.69, 9.17) is 10.5 Å². The molecular formula is C31H41N5O10. The Bertz CT molecular complexity index is 1330. The van der Waals surface area contributed by atoms with Gasteiger partial charge in [0.15, 0.2) is 0 Å². The van der Waals surface area contributed by atoms with E-state index in [1.807, 2.05) is 30.3 Å². The van der Waals surface area contributed by atoms with Crippen molar-refractivity contribution in [3.8, 4) is 0 Å². The number of benzene rings is 2. The van der Waals surface area contributed by atoms with Crippen molar-refractivity contribution in [3.05, 3.63) is 71.8 Å². The van der Waals surface area contributed by atoms with Crippen molar-refractivity contribution in [1.82, 2.24) is 20.9 Å². The number of hydrogen-bond donors (Lipinski definition) is 8. The van der Waals surface area contributed by atoms with Crippen molar-refractivity contribution >= 4 is 29.7 Å². The molecule has 46 heavy (non-hydrogen) atoms. The molecule has 1 aliphatic heterocycles. The summed E-state index contributed by atoms with van der Waals surface area (Å²) in [5.74, 6) is -3.87. The van der Waals surface area contributed by atoms with Gasteiger partial charge >= 0.3 is 6.09 Å². The van der Waals surface area contributed by atoms with Crippen LogP contribution >= 0.6 is 0 Å². The zero-order valence-corrected chi connectivity index (χ0v) is 25.3. The molecule has 1 saturated heterocycles. The smallest absolute Gasteiger partial charge is 0.408 e. The summed E-state index contributed by atoms with van der Waals surface area (Å²) in [5, 5.41) is 48.0. The van der Waals surface area contributed by atoms with Crippen LogP contribution in [0.4, 0.5) is 4.79 Å². The van der Waals surface area contributed by atoms with Gasteiger partial charge in [-0.2, -0.15) is 0 Å². The predicted octanol–water partition coefficient (Wildman–Crippen LogP) is -1.58. The van der Waals surface area contributed by atoms with E-state index < -0.39 is 79.3 Å². The van der Waals surface area contributed by atoms with Gasteiger partial charge in [0, 0.05) is 13.0 Å². The van der Waals surface area contributed by atoms with Crippen molar-refractivity contribution < 1.29 is 49.1 Å². The van der Waals surface area contributed by atoms with Crippen LogP contribution in [0.25, 0.3) is 0 Å². The number of nitrogens with one attached hydrogen (secondary N) is 3. The maximum Gasteiger partial charge on any atom is 0.408 e. The number of carbonyl (C=O) groups is 5. The van der Waals surface area contributed by atoms with E-state index >= 15 is 0 Å². The number of hydrogen-bond acceptors (Lipinski definition) is 10. The average molecular weight is 644 g/mol. The molecule has 2 aromatic carbocycles. The molecule has 0 radical (unpaired) electrons. The summed E-state index contributed by atoms with van der Waals surface area (Å²) in [4.78, 5) is 65.4. The molecule has 1 fully saturated rings. The molecule has 3 atom stereocenters. The number of likely N-dealkylation sites (tertiary alicyclic amines) is 1. The van der Waals surface area contributed by atoms with Crippen LogP contribution in [0.2, 0.25) is 0 Å². The lowest BCUT2D eigenvalue weighted by Gasteiger charge is -2.39. The van der Waals surface area contributed by atoms with Crippen LogP contribution in [0.15, 0.2) is 60.7 Å². The van der Waals surface area contributed by atoms with Crippen LogP contribution in [0, 0.1) is 0 Å². The quantitative estimate of drug-likeness (QED) is 0.104. The first-order valence-corrected chi connectivity index (χ1v) is 14.8. The molecule has 0 saturated carbocycles. The minimum absolute atomic E-state index is 0.0740. The number of aryl methyl sites for hydroxylation is 1. The number of ether oxygens (including phenoxy) is 1. The van der Waals surface area contributed by atoms with Crippen molar-refractivity contribution in [2.75, 3.05) is 26.4 Å². The second-order valence-corrected chi connectivity index (χ2v) is 11.1. The first-order chi connectivity index (χ1) is 22.0. The molecular weight excluding hydrogens is 602 g/mol. The van der Waals surface area contributed by atoms with E-state index in [0.29, 0.717) is 18.4 Å². The van der Waals surface area contributed by atoms with Gasteiger partial charge in [-0.15, -0.1) is 0 Å². The van der Waals surface area contributed by atoms with E-state index in [-0.39, 0.29) is 26.0 Å². The van der Waals surface area contributed by atoms with Gasteiger partial charge in [0.25, 0.3) is 5.91 Å². The Morgan fingerprint density at radius 2 is 1.54 bits per heavy atom. The second-order valence-electron chi connectivity index (χ2n) is 11.1. The lowest BCUT2D eigenvalue weighted by Crippen LogP contribution is -2.71. The number of primary amides is 1. The summed E-state index contributed by atoms with van der Waals surface area (Å²) < 4.78 is 5.13. The highest BCUT2D eigenvalue weighted by Gasteiger charge is 2.57. The van der Waals surface area contributed by atoms with Gasteiger partial charge < -0.3 is 51.7 Å². The normalized spacial score (nSPS) is 18.3. The van der Waals surface area contributed by atoms with Gasteiger partial charge in [-0.05, 0) is 30.4 Å². The highest BCUT2D eigenvalue weighted by molar-refractivity contribution is 5.94. The van der Waals surface area contributed by atoms with Crippen molar-refractivity contribution in [2.45, 2.75) is 62.1 Å². The Balaban J connectivity index is 1.79. The third-order valence-corrected chi connectivity index (χ3v) is 7.70. The molecule has 0 aromatic heterocycles. The van der Waals surface area contributed by atoms with E-state index in [2.05, 4.69) is 16.0 Å². The first kappa shape index (κ1) is 35.9. The number of carbonyl (C=O) groups excluding carboxylic acids is 5. The second kappa shape index (κ2) is 16.7. The molecule has 15 heteroatoms. The summed E-state index contributed by atoms with van der Waals surface area (Å²) in [6.07, 6.45) is -0.999. The minimum atomic E-state index is -2.75. The molecule has 15 nitrogen and oxygen atoms in total. The van der Waals surface area contributed by atoms with Crippen molar-refractivity contribution in [3.63, 3.8) is 0 Å². The van der Waals surface area contributed by atoms with Crippen molar-refractivity contribution in [1.29, 1.82) is 0 Å². The fourth-order valence-corrected chi connectivity index (χ4v) is 5.00. The molecule has 0 aliphatic carbocycles. The number of amides is 5. The number of nitrogens with zero attached hydrogens (tertiary/aromatic N) is 1. The topological polar surface area (TPSA) is 241 Å². The predicted molar refractivity (Wildman–Crippen MR) is 162 cm³/mol. The lowest BCUT2D eigenvalue weighted by molar-refractivity contribution is -0.175. The zero-order chi connectivity index (χ0) is 33.7. The number of rotatable bonds is 16. The Kier molecular flexibility index (Phi) is 13.0. The summed E-state index contributed by atoms with van der Waals surface area (Å²) in [7, 11) is 0. The molecule has 1 aliphatic rings. The Morgan fingerprint density at radius 3 is 2.11 bits per heavy atom. The average Bonchev–Trinajstić information content (AvgIpc) is 3.39. The third-order valence-electron chi connectivity index (χ3n) is 7.70. The zero-order valence-electron chi connectivity index (χ0n) is 25.3. The Morgan fingerprint density at radius 1 is 0.957 bits per heavy atom. The van der Waals surface area contributed by atoms with Crippen LogP contribution < -0.4 is 21.7 Å². The number of nitrogens with two attached hydrogens (primary N) is 1. The number of aliphatic hydroxyl groups is 4. The van der Waals surface area contributed by atoms with Gasteiger partial charge in [0.2, 0.25) is 23.4 Å². The molecule has 3 rings (SSSR count). The first-order valence-electron chi connectivity index (χ1n) is 14.8. The summed E-state index contributed by atoms with van der Waals surface area (Å²) >= 11 is 0. The van der Waals surface area contributed by atoms with Crippen LogP contribution in [0.3, 0.4) is 0 Å². The van der Waals surface area contributed by atoms with E-state index in [9.17, 15) is 44.4 Å². The van der Waals surface area contributed by atoms with Crippen LogP contribution in [-0.2, 0) is 36.9 Å².